The van der Waals surface area contributed by atoms with Gasteiger partial charge in [0.2, 0.25) is 0 Å². The largest absolute Gasteiger partial charge is 0.490 e. The normalized spacial score (nSPS) is 16.3. The average Bonchev–Trinajstić information content (AvgIpc) is 2.95. The molecule has 0 aromatic heterocycles. The van der Waals surface area contributed by atoms with Gasteiger partial charge < -0.3 is 14.8 Å². The summed E-state index contributed by atoms with van der Waals surface area (Å²) in [6.07, 6.45) is 1.04. The molecular weight excluding hydrogens is 262 g/mol. The number of benzene rings is 2. The molecule has 0 spiro atoms. The molecule has 1 unspecified atom stereocenters. The first-order chi connectivity index (χ1) is 10.3. The summed E-state index contributed by atoms with van der Waals surface area (Å²) in [5, 5.41) is 3.31. The molecule has 1 heterocycles. The second-order valence-corrected chi connectivity index (χ2v) is 5.29. The van der Waals surface area contributed by atoms with Crippen molar-refractivity contribution < 1.29 is 9.47 Å². The van der Waals surface area contributed by atoms with Crippen molar-refractivity contribution in [3.8, 4) is 11.5 Å². The Morgan fingerprint density at radius 1 is 1.14 bits per heavy atom. The number of para-hydroxylation sites is 1. The third-order valence-electron chi connectivity index (χ3n) is 3.65. The van der Waals surface area contributed by atoms with Crippen LogP contribution in [0.1, 0.15) is 18.1 Å². The smallest absolute Gasteiger partial charge is 0.137 e. The molecule has 2 aromatic rings. The molecule has 3 rings (SSSR count). The van der Waals surface area contributed by atoms with Crippen molar-refractivity contribution in [1.29, 1.82) is 0 Å². The lowest BCUT2D eigenvalue weighted by Crippen LogP contribution is -2.22. The van der Waals surface area contributed by atoms with Gasteiger partial charge in [-0.25, -0.2) is 0 Å². The van der Waals surface area contributed by atoms with Crippen LogP contribution in [0.4, 0.5) is 0 Å². The molecule has 0 aliphatic carbocycles. The van der Waals surface area contributed by atoms with E-state index in [4.69, 9.17) is 9.47 Å². The van der Waals surface area contributed by atoms with Crippen LogP contribution in [0.15, 0.2) is 48.5 Å². The molecule has 3 heteroatoms. The summed E-state index contributed by atoms with van der Waals surface area (Å²) in [7, 11) is 0. The molecule has 1 aliphatic heterocycles. The minimum absolute atomic E-state index is 0.115. The van der Waals surface area contributed by atoms with Gasteiger partial charge >= 0.3 is 0 Å². The number of ether oxygens (including phenoxy) is 2. The Hall–Kier alpha value is -2.00. The number of fused-ring (bicyclic) bond motifs is 1. The summed E-state index contributed by atoms with van der Waals surface area (Å²) in [4.78, 5) is 0. The fraction of sp³-hybridized carbons (Fsp3) is 0.333. The van der Waals surface area contributed by atoms with E-state index in [1.807, 2.05) is 24.3 Å². The van der Waals surface area contributed by atoms with Gasteiger partial charge in [0.05, 0.1) is 0 Å². The van der Waals surface area contributed by atoms with E-state index in [2.05, 4.69) is 36.5 Å². The highest BCUT2D eigenvalue weighted by molar-refractivity contribution is 5.37. The Labute approximate surface area is 125 Å². The summed E-state index contributed by atoms with van der Waals surface area (Å²) in [6, 6.07) is 16.4. The summed E-state index contributed by atoms with van der Waals surface area (Å²) < 4.78 is 11.7. The summed E-state index contributed by atoms with van der Waals surface area (Å²) in [5.41, 5.74) is 2.54. The number of rotatable bonds is 6. The van der Waals surface area contributed by atoms with Gasteiger partial charge in [-0.1, -0.05) is 37.3 Å². The van der Waals surface area contributed by atoms with Crippen LogP contribution in [0.3, 0.4) is 0 Å². The van der Waals surface area contributed by atoms with Gasteiger partial charge in [-0.15, -0.1) is 0 Å². The van der Waals surface area contributed by atoms with Crippen LogP contribution < -0.4 is 14.8 Å². The zero-order valence-corrected chi connectivity index (χ0v) is 12.3. The molecule has 0 radical (unpaired) electrons. The van der Waals surface area contributed by atoms with E-state index in [1.54, 1.807) is 0 Å². The van der Waals surface area contributed by atoms with E-state index in [-0.39, 0.29) is 6.10 Å². The molecule has 1 N–H and O–H groups in total. The van der Waals surface area contributed by atoms with Crippen molar-refractivity contribution >= 4 is 0 Å². The first-order valence-electron chi connectivity index (χ1n) is 7.52. The van der Waals surface area contributed by atoms with Crippen molar-refractivity contribution in [2.75, 3.05) is 13.2 Å². The van der Waals surface area contributed by atoms with Crippen LogP contribution in [0.2, 0.25) is 0 Å². The van der Waals surface area contributed by atoms with Gasteiger partial charge in [0, 0.05) is 13.0 Å². The molecule has 0 fully saturated rings. The zero-order valence-electron chi connectivity index (χ0n) is 12.3. The van der Waals surface area contributed by atoms with Crippen molar-refractivity contribution in [1.82, 2.24) is 5.32 Å². The molecule has 21 heavy (non-hydrogen) atoms. The second-order valence-electron chi connectivity index (χ2n) is 5.29. The monoisotopic (exact) mass is 283 g/mol. The maximum absolute atomic E-state index is 5.87. The van der Waals surface area contributed by atoms with Gasteiger partial charge in [0.15, 0.2) is 0 Å². The van der Waals surface area contributed by atoms with E-state index in [1.165, 1.54) is 11.1 Å². The van der Waals surface area contributed by atoms with Gasteiger partial charge in [-0.05, 0) is 35.9 Å². The Morgan fingerprint density at radius 3 is 2.71 bits per heavy atom. The maximum atomic E-state index is 5.87. The Kier molecular flexibility index (Phi) is 4.41. The number of hydrogen-bond acceptors (Lipinski definition) is 3. The second kappa shape index (κ2) is 6.64. The molecule has 0 saturated carbocycles. The van der Waals surface area contributed by atoms with Crippen molar-refractivity contribution in [3.05, 3.63) is 59.7 Å². The molecular formula is C18H21NO2. The van der Waals surface area contributed by atoms with E-state index >= 15 is 0 Å². The first-order valence-corrected chi connectivity index (χ1v) is 7.52. The van der Waals surface area contributed by atoms with Crippen LogP contribution in [0.25, 0.3) is 0 Å². The van der Waals surface area contributed by atoms with Crippen LogP contribution in [-0.4, -0.2) is 19.3 Å². The first kappa shape index (κ1) is 14.0. The number of hydrogen-bond donors (Lipinski definition) is 1. The average molecular weight is 283 g/mol. The summed E-state index contributed by atoms with van der Waals surface area (Å²) >= 11 is 0. The van der Waals surface area contributed by atoms with Crippen molar-refractivity contribution in [3.63, 3.8) is 0 Å². The lowest BCUT2D eigenvalue weighted by atomic mass is 10.1. The molecule has 110 valence electrons. The molecule has 2 aromatic carbocycles. The van der Waals surface area contributed by atoms with Gasteiger partial charge in [0.25, 0.3) is 0 Å². The van der Waals surface area contributed by atoms with Crippen LogP contribution in [0.5, 0.6) is 11.5 Å². The van der Waals surface area contributed by atoms with Crippen LogP contribution in [0, 0.1) is 0 Å². The van der Waals surface area contributed by atoms with Gasteiger partial charge in [0.1, 0.15) is 24.2 Å². The lowest BCUT2D eigenvalue weighted by Gasteiger charge is -2.12. The summed E-state index contributed by atoms with van der Waals surface area (Å²) in [5.74, 6) is 1.89. The minimum atomic E-state index is 0.115. The Balaban J connectivity index is 1.50. The van der Waals surface area contributed by atoms with E-state index < -0.39 is 0 Å². The highest BCUT2D eigenvalue weighted by Crippen LogP contribution is 2.28. The van der Waals surface area contributed by atoms with E-state index in [0.717, 1.165) is 31.0 Å². The highest BCUT2D eigenvalue weighted by Gasteiger charge is 2.22. The van der Waals surface area contributed by atoms with Gasteiger partial charge in [-0.3, -0.25) is 0 Å². The van der Waals surface area contributed by atoms with E-state index in [9.17, 15) is 0 Å². The Morgan fingerprint density at radius 2 is 1.95 bits per heavy atom. The zero-order chi connectivity index (χ0) is 14.5. The fourth-order valence-electron chi connectivity index (χ4n) is 2.51. The highest BCUT2D eigenvalue weighted by atomic mass is 16.5. The predicted octanol–water partition coefficient (Wildman–Crippen LogP) is 3.18. The fourth-order valence-corrected chi connectivity index (χ4v) is 2.51. The SMILES string of the molecule is CCNCc1ccc(OCC2Cc3ccccc3O2)cc1. The maximum Gasteiger partial charge on any atom is 0.137 e. The topological polar surface area (TPSA) is 30.5 Å². The van der Waals surface area contributed by atoms with Gasteiger partial charge in [-0.2, -0.15) is 0 Å². The molecule has 1 atom stereocenters. The minimum Gasteiger partial charge on any atom is -0.490 e. The van der Waals surface area contributed by atoms with Crippen LogP contribution >= 0.6 is 0 Å². The van der Waals surface area contributed by atoms with Crippen LogP contribution in [-0.2, 0) is 13.0 Å². The molecule has 0 saturated heterocycles. The lowest BCUT2D eigenvalue weighted by molar-refractivity contribution is 0.148. The van der Waals surface area contributed by atoms with Crippen molar-refractivity contribution in [2.24, 2.45) is 0 Å². The third kappa shape index (κ3) is 3.56. The standard InChI is InChI=1S/C18H21NO2/c1-2-19-12-14-7-9-16(10-8-14)20-13-17-11-15-5-3-4-6-18(15)21-17/h3-10,17,19H,2,11-13H2,1H3. The molecule has 1 aliphatic rings. The third-order valence-corrected chi connectivity index (χ3v) is 3.65. The predicted molar refractivity (Wildman–Crippen MR) is 83.9 cm³/mol. The van der Waals surface area contributed by atoms with Crippen molar-refractivity contribution in [2.45, 2.75) is 26.0 Å². The molecule has 0 bridgehead atoms. The summed E-state index contributed by atoms with van der Waals surface area (Å²) in [6.45, 7) is 4.58. The number of nitrogens with one attached hydrogen (secondary N) is 1. The quantitative estimate of drug-likeness (QED) is 0.883. The van der Waals surface area contributed by atoms with E-state index in [0.29, 0.717) is 6.61 Å². The Bertz CT molecular complexity index is 555. The molecule has 0 amide bonds. The molecule has 3 nitrogen and oxygen atoms in total.